The number of benzene rings is 2. The number of nitrogens with zero attached hydrogens (tertiary/aromatic N) is 2. The van der Waals surface area contributed by atoms with Gasteiger partial charge < -0.3 is 14.5 Å². The van der Waals surface area contributed by atoms with Crippen LogP contribution < -0.4 is 4.74 Å². The average molecular weight is 437 g/mol. The molecule has 0 N–H and O–H groups in total. The summed E-state index contributed by atoms with van der Waals surface area (Å²) in [6, 6.07) is 15.6. The molecule has 1 atom stereocenters. The van der Waals surface area contributed by atoms with E-state index >= 15 is 0 Å². The van der Waals surface area contributed by atoms with E-state index in [4.69, 9.17) is 4.74 Å². The fraction of sp³-hybridized carbons (Fsp3) is 0.481. The summed E-state index contributed by atoms with van der Waals surface area (Å²) >= 11 is 0. The Balaban J connectivity index is 1.86. The van der Waals surface area contributed by atoms with Crippen molar-refractivity contribution < 1.29 is 14.3 Å². The van der Waals surface area contributed by atoms with Crippen LogP contribution in [0.2, 0.25) is 0 Å². The monoisotopic (exact) mass is 436 g/mol. The van der Waals surface area contributed by atoms with Crippen LogP contribution in [-0.4, -0.2) is 54.4 Å². The van der Waals surface area contributed by atoms with E-state index in [1.165, 1.54) is 5.56 Å². The maximum atomic E-state index is 13.4. The Hall–Kier alpha value is -2.82. The molecule has 1 aliphatic heterocycles. The van der Waals surface area contributed by atoms with Gasteiger partial charge in [0.2, 0.25) is 5.91 Å². The molecule has 2 amide bonds. The number of carbonyl (C=O) groups excluding carboxylic acids is 2. The largest absolute Gasteiger partial charge is 0.491 e. The summed E-state index contributed by atoms with van der Waals surface area (Å²) < 4.78 is 6.20. The zero-order valence-electron chi connectivity index (χ0n) is 19.8. The summed E-state index contributed by atoms with van der Waals surface area (Å²) in [5.41, 5.74) is 2.80. The minimum Gasteiger partial charge on any atom is -0.491 e. The molecular weight excluding hydrogens is 400 g/mol. The third kappa shape index (κ3) is 6.35. The minimum absolute atomic E-state index is 0.0195. The number of fused-ring (bicyclic) bond motifs is 1. The molecule has 172 valence electrons. The van der Waals surface area contributed by atoms with Gasteiger partial charge in [-0.25, -0.2) is 0 Å². The van der Waals surface area contributed by atoms with E-state index in [1.807, 2.05) is 48.3 Å². The molecule has 1 heterocycles. The standard InChI is InChI=1S/C27H36N2O3/c1-20(2)17-23-19-32-25-10-6-5-9-24(25)27(31)28(4)15-7-8-16-29(23)26(30)18-22-13-11-21(3)12-14-22/h5-6,9-14,20,23H,7-8,15-19H2,1-4H3/t23-/m0/s1. The summed E-state index contributed by atoms with van der Waals surface area (Å²) in [5, 5.41) is 0. The fourth-order valence-electron chi connectivity index (χ4n) is 4.22. The van der Waals surface area contributed by atoms with E-state index in [0.29, 0.717) is 43.3 Å². The van der Waals surface area contributed by atoms with Crippen LogP contribution >= 0.6 is 0 Å². The number of amides is 2. The van der Waals surface area contributed by atoms with E-state index < -0.39 is 0 Å². The van der Waals surface area contributed by atoms with Gasteiger partial charge in [0.1, 0.15) is 12.4 Å². The van der Waals surface area contributed by atoms with E-state index in [1.54, 1.807) is 4.90 Å². The molecule has 0 radical (unpaired) electrons. The van der Waals surface area contributed by atoms with Crippen LogP contribution in [0.5, 0.6) is 5.75 Å². The Morgan fingerprint density at radius 2 is 1.75 bits per heavy atom. The highest BCUT2D eigenvalue weighted by atomic mass is 16.5. The Morgan fingerprint density at radius 1 is 1.06 bits per heavy atom. The smallest absolute Gasteiger partial charge is 0.257 e. The first-order valence-corrected chi connectivity index (χ1v) is 11.7. The maximum Gasteiger partial charge on any atom is 0.257 e. The number of ether oxygens (including phenoxy) is 1. The van der Waals surface area contributed by atoms with Crippen molar-refractivity contribution in [3.8, 4) is 5.75 Å². The van der Waals surface area contributed by atoms with Crippen molar-refractivity contribution in [2.75, 3.05) is 26.7 Å². The molecule has 1 aliphatic rings. The zero-order chi connectivity index (χ0) is 23.1. The van der Waals surface area contributed by atoms with Crippen molar-refractivity contribution in [3.05, 3.63) is 65.2 Å². The van der Waals surface area contributed by atoms with Crippen LogP contribution in [0, 0.1) is 12.8 Å². The summed E-state index contributed by atoms with van der Waals surface area (Å²) in [7, 11) is 1.83. The molecule has 2 aromatic carbocycles. The molecular formula is C27H36N2O3. The van der Waals surface area contributed by atoms with E-state index in [2.05, 4.69) is 32.9 Å². The molecule has 0 saturated heterocycles. The second-order valence-electron chi connectivity index (χ2n) is 9.27. The van der Waals surface area contributed by atoms with Gasteiger partial charge in [0.15, 0.2) is 0 Å². The predicted octanol–water partition coefficient (Wildman–Crippen LogP) is 4.73. The molecule has 0 bridgehead atoms. The number of aryl methyl sites for hydroxylation is 1. The van der Waals surface area contributed by atoms with Crippen LogP contribution in [0.15, 0.2) is 48.5 Å². The lowest BCUT2D eigenvalue weighted by Gasteiger charge is -2.34. The molecule has 0 aliphatic carbocycles. The molecule has 0 fully saturated rings. The SMILES string of the molecule is Cc1ccc(CC(=O)N2CCCCN(C)C(=O)c3ccccc3OC[C@@H]2CC(C)C)cc1. The van der Waals surface area contributed by atoms with Crippen molar-refractivity contribution in [1.29, 1.82) is 0 Å². The third-order valence-electron chi connectivity index (χ3n) is 6.02. The topological polar surface area (TPSA) is 49.9 Å². The highest BCUT2D eigenvalue weighted by Gasteiger charge is 2.27. The lowest BCUT2D eigenvalue weighted by Crippen LogP contribution is -2.46. The molecule has 2 aromatic rings. The van der Waals surface area contributed by atoms with Gasteiger partial charge in [-0.2, -0.15) is 0 Å². The van der Waals surface area contributed by atoms with Gasteiger partial charge >= 0.3 is 0 Å². The number of hydrogen-bond acceptors (Lipinski definition) is 3. The summed E-state index contributed by atoms with van der Waals surface area (Å²) in [6.45, 7) is 8.11. The second-order valence-corrected chi connectivity index (χ2v) is 9.27. The van der Waals surface area contributed by atoms with Crippen molar-refractivity contribution in [2.24, 2.45) is 5.92 Å². The second kappa shape index (κ2) is 11.2. The summed E-state index contributed by atoms with van der Waals surface area (Å²) in [5.74, 6) is 1.13. The van der Waals surface area contributed by atoms with Crippen molar-refractivity contribution in [1.82, 2.24) is 9.80 Å². The van der Waals surface area contributed by atoms with E-state index in [-0.39, 0.29) is 17.9 Å². The van der Waals surface area contributed by atoms with Gasteiger partial charge in [-0.05, 0) is 49.8 Å². The van der Waals surface area contributed by atoms with Gasteiger partial charge in [0.25, 0.3) is 5.91 Å². The van der Waals surface area contributed by atoms with Crippen molar-refractivity contribution in [2.45, 2.75) is 52.5 Å². The van der Waals surface area contributed by atoms with Gasteiger partial charge in [0.05, 0.1) is 18.0 Å². The van der Waals surface area contributed by atoms with Crippen LogP contribution in [-0.2, 0) is 11.2 Å². The number of para-hydroxylation sites is 1. The highest BCUT2D eigenvalue weighted by molar-refractivity contribution is 5.96. The minimum atomic E-state index is -0.0340. The van der Waals surface area contributed by atoms with Gasteiger partial charge in [0, 0.05) is 20.1 Å². The molecule has 5 heteroatoms. The van der Waals surface area contributed by atoms with Crippen LogP contribution in [0.3, 0.4) is 0 Å². The highest BCUT2D eigenvalue weighted by Crippen LogP contribution is 2.23. The third-order valence-corrected chi connectivity index (χ3v) is 6.02. The average Bonchev–Trinajstić information content (AvgIpc) is 2.77. The zero-order valence-corrected chi connectivity index (χ0v) is 19.8. The Kier molecular flexibility index (Phi) is 8.32. The summed E-state index contributed by atoms with van der Waals surface area (Å²) in [6.07, 6.45) is 2.96. The lowest BCUT2D eigenvalue weighted by molar-refractivity contribution is -0.134. The predicted molar refractivity (Wildman–Crippen MR) is 128 cm³/mol. The van der Waals surface area contributed by atoms with Crippen LogP contribution in [0.4, 0.5) is 0 Å². The molecule has 32 heavy (non-hydrogen) atoms. The Bertz CT molecular complexity index is 907. The molecule has 0 spiro atoms. The molecule has 3 rings (SSSR count). The van der Waals surface area contributed by atoms with Crippen molar-refractivity contribution in [3.63, 3.8) is 0 Å². The Labute approximate surface area is 192 Å². The molecule has 5 nitrogen and oxygen atoms in total. The van der Waals surface area contributed by atoms with Gasteiger partial charge in [-0.1, -0.05) is 55.8 Å². The maximum absolute atomic E-state index is 13.4. The first-order valence-electron chi connectivity index (χ1n) is 11.7. The Morgan fingerprint density at radius 3 is 2.47 bits per heavy atom. The number of rotatable bonds is 4. The summed E-state index contributed by atoms with van der Waals surface area (Å²) in [4.78, 5) is 30.1. The number of hydrogen-bond donors (Lipinski definition) is 0. The number of carbonyl (C=O) groups is 2. The van der Waals surface area contributed by atoms with E-state index in [9.17, 15) is 9.59 Å². The molecule has 0 aromatic heterocycles. The van der Waals surface area contributed by atoms with Crippen molar-refractivity contribution >= 4 is 11.8 Å². The first kappa shape index (κ1) is 23.8. The lowest BCUT2D eigenvalue weighted by atomic mass is 10.0. The van der Waals surface area contributed by atoms with E-state index in [0.717, 1.165) is 24.8 Å². The first-order chi connectivity index (χ1) is 15.3. The van der Waals surface area contributed by atoms with Crippen LogP contribution in [0.1, 0.15) is 54.6 Å². The van der Waals surface area contributed by atoms with Crippen LogP contribution in [0.25, 0.3) is 0 Å². The molecule has 0 saturated carbocycles. The molecule has 0 unspecified atom stereocenters. The normalized spacial score (nSPS) is 17.9. The van der Waals surface area contributed by atoms with Gasteiger partial charge in [-0.3, -0.25) is 9.59 Å². The van der Waals surface area contributed by atoms with Gasteiger partial charge in [-0.15, -0.1) is 0 Å². The fourth-order valence-corrected chi connectivity index (χ4v) is 4.22. The quantitative estimate of drug-likeness (QED) is 0.696.